The smallest absolute Gasteiger partial charge is 0.234 e. The molecule has 3 N–H and O–H groups in total. The zero-order chi connectivity index (χ0) is 13.2. The Bertz CT molecular complexity index is 410. The largest absolute Gasteiger partial charge is 0.351 e. The highest BCUT2D eigenvalue weighted by atomic mass is 32.2. The number of hydrogen-bond donors (Lipinski definition) is 2. The van der Waals surface area contributed by atoms with Gasteiger partial charge in [0.15, 0.2) is 9.84 Å². The minimum atomic E-state index is -2.93. The van der Waals surface area contributed by atoms with E-state index in [0.29, 0.717) is 13.0 Å². The highest BCUT2D eigenvalue weighted by Crippen LogP contribution is 2.12. The molecule has 2 rings (SSSR count). The van der Waals surface area contributed by atoms with Gasteiger partial charge in [-0.2, -0.15) is 0 Å². The first kappa shape index (κ1) is 13.8. The Morgan fingerprint density at radius 3 is 2.78 bits per heavy atom. The normalized spacial score (nSPS) is 32.3. The first-order valence-electron chi connectivity index (χ1n) is 6.42. The lowest BCUT2D eigenvalue weighted by atomic mass is 10.1. The average molecular weight is 275 g/mol. The molecule has 2 atom stereocenters. The van der Waals surface area contributed by atoms with Crippen LogP contribution in [0, 0.1) is 0 Å². The number of rotatable bonds is 3. The SMILES string of the molecule is N[C@@H]1CCCN(CC(=O)NC2CCS(=O)(=O)C2)C1. The fourth-order valence-electron chi connectivity index (χ4n) is 2.62. The van der Waals surface area contributed by atoms with Gasteiger partial charge in [0.2, 0.25) is 5.91 Å². The number of piperidine rings is 1. The number of likely N-dealkylation sites (tertiary alicyclic amines) is 1. The molecule has 1 unspecified atom stereocenters. The van der Waals surface area contributed by atoms with Crippen LogP contribution < -0.4 is 11.1 Å². The van der Waals surface area contributed by atoms with Crippen LogP contribution in [0.4, 0.5) is 0 Å². The molecule has 2 heterocycles. The zero-order valence-corrected chi connectivity index (χ0v) is 11.3. The van der Waals surface area contributed by atoms with Gasteiger partial charge in [-0.15, -0.1) is 0 Å². The van der Waals surface area contributed by atoms with E-state index in [9.17, 15) is 13.2 Å². The van der Waals surface area contributed by atoms with Crippen molar-refractivity contribution in [2.75, 3.05) is 31.1 Å². The third kappa shape index (κ3) is 3.93. The van der Waals surface area contributed by atoms with E-state index in [1.807, 2.05) is 4.90 Å². The number of carbonyl (C=O) groups is 1. The van der Waals surface area contributed by atoms with Crippen LogP contribution in [0.3, 0.4) is 0 Å². The quantitative estimate of drug-likeness (QED) is 0.669. The summed E-state index contributed by atoms with van der Waals surface area (Å²) in [5.41, 5.74) is 5.85. The Morgan fingerprint density at radius 2 is 2.17 bits per heavy atom. The Balaban J connectivity index is 1.75. The molecule has 0 spiro atoms. The van der Waals surface area contributed by atoms with E-state index < -0.39 is 9.84 Å². The number of nitrogens with zero attached hydrogens (tertiary/aromatic N) is 1. The molecule has 2 aliphatic heterocycles. The van der Waals surface area contributed by atoms with Gasteiger partial charge in [-0.3, -0.25) is 9.69 Å². The lowest BCUT2D eigenvalue weighted by Crippen LogP contribution is -2.48. The summed E-state index contributed by atoms with van der Waals surface area (Å²) in [4.78, 5) is 13.8. The molecule has 0 aliphatic carbocycles. The van der Waals surface area contributed by atoms with Gasteiger partial charge in [-0.1, -0.05) is 0 Å². The Kier molecular flexibility index (Phi) is 4.24. The van der Waals surface area contributed by atoms with Gasteiger partial charge in [0.1, 0.15) is 0 Å². The summed E-state index contributed by atoms with van der Waals surface area (Å²) in [5.74, 6) is 0.177. The topological polar surface area (TPSA) is 92.5 Å². The summed E-state index contributed by atoms with van der Waals surface area (Å²) < 4.78 is 22.6. The van der Waals surface area contributed by atoms with E-state index in [1.165, 1.54) is 0 Å². The molecule has 6 nitrogen and oxygen atoms in total. The second-order valence-corrected chi connectivity index (χ2v) is 7.53. The van der Waals surface area contributed by atoms with Crippen LogP contribution in [0.2, 0.25) is 0 Å². The first-order valence-corrected chi connectivity index (χ1v) is 8.24. The van der Waals surface area contributed by atoms with E-state index in [0.717, 1.165) is 25.9 Å². The molecule has 0 aromatic carbocycles. The van der Waals surface area contributed by atoms with Crippen molar-refractivity contribution in [2.24, 2.45) is 5.73 Å². The molecule has 1 amide bonds. The monoisotopic (exact) mass is 275 g/mol. The Labute approximate surface area is 108 Å². The summed E-state index contributed by atoms with van der Waals surface area (Å²) in [5, 5.41) is 2.80. The van der Waals surface area contributed by atoms with E-state index in [4.69, 9.17) is 5.73 Å². The van der Waals surface area contributed by atoms with Gasteiger partial charge in [-0.25, -0.2) is 8.42 Å². The summed E-state index contributed by atoms with van der Waals surface area (Å²) in [6.45, 7) is 1.96. The number of nitrogens with two attached hydrogens (primary N) is 1. The maximum Gasteiger partial charge on any atom is 0.234 e. The first-order chi connectivity index (χ1) is 8.44. The van der Waals surface area contributed by atoms with E-state index in [-0.39, 0.29) is 29.5 Å². The minimum Gasteiger partial charge on any atom is -0.351 e. The third-order valence-electron chi connectivity index (χ3n) is 3.51. The van der Waals surface area contributed by atoms with Gasteiger partial charge in [0.25, 0.3) is 0 Å². The summed E-state index contributed by atoms with van der Waals surface area (Å²) in [7, 11) is -2.93. The molecule has 0 saturated carbocycles. The summed E-state index contributed by atoms with van der Waals surface area (Å²) in [6, 6.07) is -0.0561. The van der Waals surface area contributed by atoms with Crippen LogP contribution in [-0.4, -0.2) is 62.4 Å². The maximum absolute atomic E-state index is 11.8. The minimum absolute atomic E-state index is 0.0816. The second kappa shape index (κ2) is 5.54. The molecule has 7 heteroatoms. The molecular weight excluding hydrogens is 254 g/mol. The summed E-state index contributed by atoms with van der Waals surface area (Å²) in [6.07, 6.45) is 2.57. The van der Waals surface area contributed by atoms with Gasteiger partial charge in [0, 0.05) is 18.6 Å². The second-order valence-electron chi connectivity index (χ2n) is 5.30. The van der Waals surface area contributed by atoms with E-state index >= 15 is 0 Å². The molecule has 2 aliphatic rings. The van der Waals surface area contributed by atoms with Gasteiger partial charge in [-0.05, 0) is 25.8 Å². The average Bonchev–Trinajstić information content (AvgIpc) is 2.57. The molecule has 2 saturated heterocycles. The molecule has 18 heavy (non-hydrogen) atoms. The fourth-order valence-corrected chi connectivity index (χ4v) is 4.29. The highest BCUT2D eigenvalue weighted by molar-refractivity contribution is 7.91. The molecule has 0 aromatic heterocycles. The molecule has 0 bridgehead atoms. The van der Waals surface area contributed by atoms with Crippen LogP contribution in [0.25, 0.3) is 0 Å². The number of carbonyl (C=O) groups excluding carboxylic acids is 1. The fraction of sp³-hybridized carbons (Fsp3) is 0.909. The predicted octanol–water partition coefficient (Wildman–Crippen LogP) is -1.29. The molecular formula is C11H21N3O3S. The van der Waals surface area contributed by atoms with Crippen molar-refractivity contribution >= 4 is 15.7 Å². The lowest BCUT2D eigenvalue weighted by Gasteiger charge is -2.30. The van der Waals surface area contributed by atoms with Crippen LogP contribution in [-0.2, 0) is 14.6 Å². The van der Waals surface area contributed by atoms with E-state index in [1.54, 1.807) is 0 Å². The number of nitrogens with one attached hydrogen (secondary N) is 1. The van der Waals surface area contributed by atoms with Crippen molar-refractivity contribution in [1.82, 2.24) is 10.2 Å². The van der Waals surface area contributed by atoms with Gasteiger partial charge < -0.3 is 11.1 Å². The van der Waals surface area contributed by atoms with Crippen LogP contribution in [0.5, 0.6) is 0 Å². The van der Waals surface area contributed by atoms with E-state index in [2.05, 4.69) is 5.32 Å². The van der Waals surface area contributed by atoms with Crippen LogP contribution in [0.1, 0.15) is 19.3 Å². The van der Waals surface area contributed by atoms with Crippen molar-refractivity contribution in [3.63, 3.8) is 0 Å². The molecule has 104 valence electrons. The van der Waals surface area contributed by atoms with Crippen LogP contribution in [0.15, 0.2) is 0 Å². The molecule has 2 fully saturated rings. The predicted molar refractivity (Wildman–Crippen MR) is 68.9 cm³/mol. The number of sulfone groups is 1. The van der Waals surface area contributed by atoms with Gasteiger partial charge in [0.05, 0.1) is 18.1 Å². The number of amides is 1. The Morgan fingerprint density at radius 1 is 1.39 bits per heavy atom. The molecule has 0 aromatic rings. The van der Waals surface area contributed by atoms with Crippen molar-refractivity contribution in [3.8, 4) is 0 Å². The van der Waals surface area contributed by atoms with Gasteiger partial charge >= 0.3 is 0 Å². The standard InChI is InChI=1S/C11H21N3O3S/c12-9-2-1-4-14(6-9)7-11(15)13-10-3-5-18(16,17)8-10/h9-10H,1-8,12H2,(H,13,15)/t9-,10?/m1/s1. The van der Waals surface area contributed by atoms with Crippen molar-refractivity contribution in [3.05, 3.63) is 0 Å². The van der Waals surface area contributed by atoms with Crippen molar-refractivity contribution in [2.45, 2.75) is 31.3 Å². The molecule has 0 radical (unpaired) electrons. The highest BCUT2D eigenvalue weighted by Gasteiger charge is 2.29. The lowest BCUT2D eigenvalue weighted by molar-refractivity contribution is -0.123. The zero-order valence-electron chi connectivity index (χ0n) is 10.5. The maximum atomic E-state index is 11.8. The van der Waals surface area contributed by atoms with Crippen molar-refractivity contribution in [1.29, 1.82) is 0 Å². The van der Waals surface area contributed by atoms with Crippen LogP contribution >= 0.6 is 0 Å². The number of hydrogen-bond acceptors (Lipinski definition) is 5. The summed E-state index contributed by atoms with van der Waals surface area (Å²) >= 11 is 0. The third-order valence-corrected chi connectivity index (χ3v) is 5.27. The Hall–Kier alpha value is -0.660. The van der Waals surface area contributed by atoms with Crippen molar-refractivity contribution < 1.29 is 13.2 Å².